The van der Waals surface area contributed by atoms with Gasteiger partial charge in [-0.1, -0.05) is 24.3 Å². The van der Waals surface area contributed by atoms with E-state index in [1.165, 1.54) is 6.26 Å². The third kappa shape index (κ3) is 3.72. The van der Waals surface area contributed by atoms with Crippen molar-refractivity contribution in [3.63, 3.8) is 0 Å². The maximum absolute atomic E-state index is 12.2. The van der Waals surface area contributed by atoms with Crippen LogP contribution in [0.4, 0.5) is 0 Å². The standard InChI is InChI=1S/C16H17NO4/c1-10-5-3-4-6-13(10)14(8-15(18)19)17-16(20)12-7-11(2)21-9-12/h3-7,9,14H,8H2,1-2H3,(H,17,20)(H,18,19). The normalized spacial score (nSPS) is 11.9. The zero-order valence-corrected chi connectivity index (χ0v) is 11.9. The lowest BCUT2D eigenvalue weighted by Gasteiger charge is -2.19. The first-order valence-corrected chi connectivity index (χ1v) is 6.60. The SMILES string of the molecule is Cc1cc(C(=O)NC(CC(=O)O)c2ccccc2C)co1. The Morgan fingerprint density at radius 2 is 2.00 bits per heavy atom. The number of rotatable bonds is 5. The predicted molar refractivity (Wildman–Crippen MR) is 77.1 cm³/mol. The maximum atomic E-state index is 12.2. The molecule has 0 aliphatic rings. The van der Waals surface area contributed by atoms with E-state index in [-0.39, 0.29) is 12.3 Å². The van der Waals surface area contributed by atoms with Crippen molar-refractivity contribution in [2.24, 2.45) is 0 Å². The summed E-state index contributed by atoms with van der Waals surface area (Å²) in [6.07, 6.45) is 1.19. The topological polar surface area (TPSA) is 79.5 Å². The molecular weight excluding hydrogens is 270 g/mol. The van der Waals surface area contributed by atoms with E-state index in [4.69, 9.17) is 9.52 Å². The van der Waals surface area contributed by atoms with Crippen molar-refractivity contribution in [1.29, 1.82) is 0 Å². The molecule has 0 aliphatic heterocycles. The number of carbonyl (C=O) groups excluding carboxylic acids is 1. The third-order valence-corrected chi connectivity index (χ3v) is 3.24. The highest BCUT2D eigenvalue weighted by atomic mass is 16.4. The fraction of sp³-hybridized carbons (Fsp3) is 0.250. The number of amides is 1. The number of hydrogen-bond donors (Lipinski definition) is 2. The number of carbonyl (C=O) groups is 2. The van der Waals surface area contributed by atoms with E-state index in [0.717, 1.165) is 11.1 Å². The molecule has 0 saturated heterocycles. The molecule has 21 heavy (non-hydrogen) atoms. The molecule has 2 rings (SSSR count). The van der Waals surface area contributed by atoms with Gasteiger partial charge in [0.25, 0.3) is 5.91 Å². The number of nitrogens with one attached hydrogen (secondary N) is 1. The van der Waals surface area contributed by atoms with Crippen LogP contribution in [0.15, 0.2) is 41.0 Å². The Hall–Kier alpha value is -2.56. The van der Waals surface area contributed by atoms with Crippen LogP contribution < -0.4 is 5.32 Å². The number of hydrogen-bond acceptors (Lipinski definition) is 3. The molecule has 2 N–H and O–H groups in total. The molecule has 110 valence electrons. The molecule has 0 aliphatic carbocycles. The molecule has 1 amide bonds. The van der Waals surface area contributed by atoms with Gasteiger partial charge in [-0.3, -0.25) is 9.59 Å². The number of carboxylic acid groups (broad SMARTS) is 1. The second-order valence-electron chi connectivity index (χ2n) is 4.93. The molecule has 1 unspecified atom stereocenters. The lowest BCUT2D eigenvalue weighted by molar-refractivity contribution is -0.137. The van der Waals surface area contributed by atoms with Gasteiger partial charge in [-0.15, -0.1) is 0 Å². The van der Waals surface area contributed by atoms with Crippen LogP contribution in [0.3, 0.4) is 0 Å². The summed E-state index contributed by atoms with van der Waals surface area (Å²) < 4.78 is 5.10. The monoisotopic (exact) mass is 287 g/mol. The van der Waals surface area contributed by atoms with Crippen LogP contribution in [-0.2, 0) is 4.79 Å². The van der Waals surface area contributed by atoms with Crippen LogP contribution in [0.1, 0.15) is 39.7 Å². The highest BCUT2D eigenvalue weighted by Gasteiger charge is 2.21. The van der Waals surface area contributed by atoms with Gasteiger partial charge in [0, 0.05) is 0 Å². The first-order chi connectivity index (χ1) is 9.97. The number of furan rings is 1. The minimum atomic E-state index is -0.966. The van der Waals surface area contributed by atoms with Crippen molar-refractivity contribution in [1.82, 2.24) is 5.32 Å². The molecule has 0 bridgehead atoms. The zero-order chi connectivity index (χ0) is 15.4. The van der Waals surface area contributed by atoms with E-state index in [1.54, 1.807) is 13.0 Å². The summed E-state index contributed by atoms with van der Waals surface area (Å²) in [5.41, 5.74) is 2.12. The summed E-state index contributed by atoms with van der Waals surface area (Å²) in [6.45, 7) is 3.63. The molecule has 5 heteroatoms. The van der Waals surface area contributed by atoms with E-state index in [2.05, 4.69) is 5.32 Å². The van der Waals surface area contributed by atoms with Crippen molar-refractivity contribution < 1.29 is 19.1 Å². The lowest BCUT2D eigenvalue weighted by atomic mass is 9.98. The Kier molecular flexibility index (Phi) is 4.42. The Morgan fingerprint density at radius 1 is 1.29 bits per heavy atom. The molecule has 1 aromatic heterocycles. The van der Waals surface area contributed by atoms with Crippen LogP contribution in [-0.4, -0.2) is 17.0 Å². The first-order valence-electron chi connectivity index (χ1n) is 6.60. The molecular formula is C16H17NO4. The second kappa shape index (κ2) is 6.26. The molecule has 0 fully saturated rings. The molecule has 1 atom stereocenters. The fourth-order valence-electron chi connectivity index (χ4n) is 2.20. The van der Waals surface area contributed by atoms with Gasteiger partial charge in [0.1, 0.15) is 12.0 Å². The van der Waals surface area contributed by atoms with E-state index < -0.39 is 12.0 Å². The molecule has 1 heterocycles. The minimum Gasteiger partial charge on any atom is -0.481 e. The summed E-state index contributed by atoms with van der Waals surface area (Å²) in [6, 6.07) is 8.45. The van der Waals surface area contributed by atoms with Gasteiger partial charge < -0.3 is 14.8 Å². The molecule has 0 spiro atoms. The van der Waals surface area contributed by atoms with Crippen molar-refractivity contribution in [2.75, 3.05) is 0 Å². The van der Waals surface area contributed by atoms with E-state index in [1.807, 2.05) is 31.2 Å². The lowest BCUT2D eigenvalue weighted by Crippen LogP contribution is -2.30. The summed E-state index contributed by atoms with van der Waals surface area (Å²) in [5.74, 6) is -0.681. The van der Waals surface area contributed by atoms with Gasteiger partial charge in [-0.2, -0.15) is 0 Å². The summed E-state index contributed by atoms with van der Waals surface area (Å²) in [5, 5.41) is 11.8. The number of benzene rings is 1. The van der Waals surface area contributed by atoms with Crippen LogP contribution in [0.25, 0.3) is 0 Å². The third-order valence-electron chi connectivity index (χ3n) is 3.24. The van der Waals surface area contributed by atoms with Crippen LogP contribution in [0.2, 0.25) is 0 Å². The summed E-state index contributed by atoms with van der Waals surface area (Å²) in [7, 11) is 0. The smallest absolute Gasteiger partial charge is 0.305 e. The Balaban J connectivity index is 2.23. The van der Waals surface area contributed by atoms with Gasteiger partial charge in [-0.05, 0) is 31.0 Å². The van der Waals surface area contributed by atoms with Gasteiger partial charge >= 0.3 is 5.97 Å². The molecule has 5 nitrogen and oxygen atoms in total. The molecule has 0 radical (unpaired) electrons. The molecule has 0 saturated carbocycles. The number of aliphatic carboxylic acids is 1. The average molecular weight is 287 g/mol. The largest absolute Gasteiger partial charge is 0.481 e. The quantitative estimate of drug-likeness (QED) is 0.886. The second-order valence-corrected chi connectivity index (χ2v) is 4.93. The van der Waals surface area contributed by atoms with Crippen molar-refractivity contribution >= 4 is 11.9 Å². The number of carboxylic acids is 1. The van der Waals surface area contributed by atoms with Gasteiger partial charge in [0.05, 0.1) is 18.0 Å². The predicted octanol–water partition coefficient (Wildman–Crippen LogP) is 2.84. The number of aryl methyl sites for hydroxylation is 2. The summed E-state index contributed by atoms with van der Waals surface area (Å²) in [4.78, 5) is 23.2. The van der Waals surface area contributed by atoms with Crippen LogP contribution in [0.5, 0.6) is 0 Å². The first kappa shape index (κ1) is 14.8. The highest BCUT2D eigenvalue weighted by molar-refractivity contribution is 5.94. The van der Waals surface area contributed by atoms with E-state index >= 15 is 0 Å². The van der Waals surface area contributed by atoms with Crippen molar-refractivity contribution in [3.05, 3.63) is 59.0 Å². The molecule has 2 aromatic rings. The van der Waals surface area contributed by atoms with Crippen LogP contribution >= 0.6 is 0 Å². The zero-order valence-electron chi connectivity index (χ0n) is 11.9. The van der Waals surface area contributed by atoms with Crippen molar-refractivity contribution in [3.8, 4) is 0 Å². The van der Waals surface area contributed by atoms with Gasteiger partial charge in [-0.25, -0.2) is 0 Å². The van der Waals surface area contributed by atoms with E-state index in [0.29, 0.717) is 11.3 Å². The maximum Gasteiger partial charge on any atom is 0.305 e. The Morgan fingerprint density at radius 3 is 2.57 bits per heavy atom. The summed E-state index contributed by atoms with van der Waals surface area (Å²) >= 11 is 0. The van der Waals surface area contributed by atoms with Gasteiger partial charge in [0.2, 0.25) is 0 Å². The fourth-order valence-corrected chi connectivity index (χ4v) is 2.20. The van der Waals surface area contributed by atoms with Crippen LogP contribution in [0, 0.1) is 13.8 Å². The van der Waals surface area contributed by atoms with Gasteiger partial charge in [0.15, 0.2) is 0 Å². The van der Waals surface area contributed by atoms with Crippen molar-refractivity contribution in [2.45, 2.75) is 26.3 Å². The Bertz CT molecular complexity index is 660. The minimum absolute atomic E-state index is 0.173. The average Bonchev–Trinajstić information content (AvgIpc) is 2.85. The Labute approximate surface area is 122 Å². The van der Waals surface area contributed by atoms with E-state index in [9.17, 15) is 9.59 Å². The molecule has 1 aromatic carbocycles. The highest BCUT2D eigenvalue weighted by Crippen LogP contribution is 2.21.